The van der Waals surface area contributed by atoms with Crippen molar-refractivity contribution in [1.29, 1.82) is 0 Å². The lowest BCUT2D eigenvalue weighted by atomic mass is 9.68. The Labute approximate surface area is 159 Å². The molecule has 1 saturated carbocycles. The Kier molecular flexibility index (Phi) is 6.32. The van der Waals surface area contributed by atoms with E-state index in [2.05, 4.69) is 0 Å². The number of aliphatic hydroxyl groups is 1. The molecule has 27 heavy (non-hydrogen) atoms. The van der Waals surface area contributed by atoms with Crippen molar-refractivity contribution >= 4 is 16.7 Å². The number of fused-ring (bicyclic) bond motifs is 1. The first-order valence-electron chi connectivity index (χ1n) is 9.96. The maximum Gasteiger partial charge on any atom is 0.283 e. The third kappa shape index (κ3) is 4.24. The van der Waals surface area contributed by atoms with Crippen molar-refractivity contribution in [3.8, 4) is 0 Å². The molecule has 1 aliphatic carbocycles. The third-order valence-electron chi connectivity index (χ3n) is 5.85. The summed E-state index contributed by atoms with van der Waals surface area (Å²) in [6.07, 6.45) is 6.63. The van der Waals surface area contributed by atoms with Crippen molar-refractivity contribution in [2.75, 3.05) is 13.2 Å². The van der Waals surface area contributed by atoms with Crippen LogP contribution in [0.15, 0.2) is 35.1 Å². The van der Waals surface area contributed by atoms with Crippen molar-refractivity contribution in [2.45, 2.75) is 58.3 Å². The summed E-state index contributed by atoms with van der Waals surface area (Å²) in [5.41, 5.74) is 1.13. The number of nitrogens with zero attached hydrogens (tertiary/aromatic N) is 1. The van der Waals surface area contributed by atoms with Crippen LogP contribution >= 0.6 is 0 Å². The second-order valence-corrected chi connectivity index (χ2v) is 7.65. The van der Waals surface area contributed by atoms with Gasteiger partial charge in [0.25, 0.3) is 5.56 Å². The fraction of sp³-hybridized carbons (Fsp3) is 0.545. The molecular weight excluding hydrogens is 342 g/mol. The predicted molar refractivity (Wildman–Crippen MR) is 106 cm³/mol. The zero-order chi connectivity index (χ0) is 19.3. The number of Topliss-reactive ketones (excluding diaryl/α,β-unsaturated/α-hetero) is 1. The van der Waals surface area contributed by atoms with Gasteiger partial charge in [0.2, 0.25) is 0 Å². The lowest BCUT2D eigenvalue weighted by Crippen LogP contribution is -2.35. The summed E-state index contributed by atoms with van der Waals surface area (Å²) in [5, 5.41) is 10.4. The number of aliphatic hydroxyl groups excluding tert-OH is 1. The Balaban J connectivity index is 1.63. The third-order valence-corrected chi connectivity index (χ3v) is 5.85. The normalized spacial score (nSPS) is 16.4. The zero-order valence-corrected chi connectivity index (χ0v) is 16.1. The van der Waals surface area contributed by atoms with Crippen LogP contribution < -0.4 is 10.4 Å². The molecule has 146 valence electrons. The van der Waals surface area contributed by atoms with Crippen LogP contribution in [-0.4, -0.2) is 28.8 Å². The number of ketones is 1. The SMILES string of the molecule is Cc1cc(=O)n(OCCCC(=O)C2(CCO)CCCCC2)c2ccccc12. The Morgan fingerprint density at radius 2 is 1.96 bits per heavy atom. The highest BCUT2D eigenvalue weighted by Crippen LogP contribution is 2.41. The van der Waals surface area contributed by atoms with E-state index in [4.69, 9.17) is 4.84 Å². The van der Waals surface area contributed by atoms with E-state index in [1.165, 1.54) is 11.2 Å². The van der Waals surface area contributed by atoms with Crippen molar-refractivity contribution in [3.05, 3.63) is 46.2 Å². The fourth-order valence-electron chi connectivity index (χ4n) is 4.32. The van der Waals surface area contributed by atoms with Crippen LogP contribution in [0.1, 0.15) is 56.9 Å². The molecule has 2 aromatic rings. The first kappa shape index (κ1) is 19.6. The van der Waals surface area contributed by atoms with Gasteiger partial charge in [-0.3, -0.25) is 9.59 Å². The van der Waals surface area contributed by atoms with E-state index in [1.54, 1.807) is 6.07 Å². The van der Waals surface area contributed by atoms with Crippen LogP contribution in [0.5, 0.6) is 0 Å². The number of pyridine rings is 1. The van der Waals surface area contributed by atoms with Gasteiger partial charge in [-0.25, -0.2) is 0 Å². The number of carbonyl (C=O) groups is 1. The summed E-state index contributed by atoms with van der Waals surface area (Å²) in [4.78, 5) is 30.9. The molecule has 0 aliphatic heterocycles. The first-order chi connectivity index (χ1) is 13.1. The molecule has 1 aromatic heterocycles. The molecule has 0 saturated heterocycles. The van der Waals surface area contributed by atoms with Crippen molar-refractivity contribution in [3.63, 3.8) is 0 Å². The van der Waals surface area contributed by atoms with Gasteiger partial charge in [0, 0.05) is 29.9 Å². The second kappa shape index (κ2) is 8.70. The summed E-state index contributed by atoms with van der Waals surface area (Å²) >= 11 is 0. The van der Waals surface area contributed by atoms with Gasteiger partial charge >= 0.3 is 0 Å². The number of aryl methyl sites for hydroxylation is 1. The average molecular weight is 371 g/mol. The van der Waals surface area contributed by atoms with Crippen LogP contribution in [0.3, 0.4) is 0 Å². The van der Waals surface area contributed by atoms with Gasteiger partial charge in [-0.05, 0) is 44.2 Å². The van der Waals surface area contributed by atoms with E-state index < -0.39 is 0 Å². The van der Waals surface area contributed by atoms with Gasteiger partial charge in [0.1, 0.15) is 12.4 Å². The topological polar surface area (TPSA) is 68.5 Å². The molecule has 1 aliphatic rings. The lowest BCUT2D eigenvalue weighted by Gasteiger charge is -2.35. The molecule has 0 amide bonds. The van der Waals surface area contributed by atoms with Gasteiger partial charge in [0.05, 0.1) is 5.52 Å². The van der Waals surface area contributed by atoms with E-state index in [-0.39, 0.29) is 23.4 Å². The Morgan fingerprint density at radius 1 is 1.22 bits per heavy atom. The minimum Gasteiger partial charge on any atom is -0.410 e. The number of aromatic nitrogens is 1. The molecule has 0 bridgehead atoms. The molecule has 3 rings (SSSR count). The van der Waals surface area contributed by atoms with E-state index in [0.717, 1.165) is 42.1 Å². The quantitative estimate of drug-likeness (QED) is 0.722. The number of rotatable bonds is 8. The molecule has 1 fully saturated rings. The number of para-hydroxylation sites is 1. The zero-order valence-electron chi connectivity index (χ0n) is 16.1. The summed E-state index contributed by atoms with van der Waals surface area (Å²) in [5.74, 6) is 0.237. The minimum atomic E-state index is -0.347. The van der Waals surface area contributed by atoms with Crippen LogP contribution in [0.2, 0.25) is 0 Å². The molecule has 5 nitrogen and oxygen atoms in total. The maximum atomic E-state index is 12.8. The molecule has 0 spiro atoms. The van der Waals surface area contributed by atoms with Gasteiger partial charge in [-0.2, -0.15) is 0 Å². The summed E-state index contributed by atoms with van der Waals surface area (Å²) < 4.78 is 1.33. The Hall–Kier alpha value is -2.14. The lowest BCUT2D eigenvalue weighted by molar-refractivity contribution is -0.132. The number of benzene rings is 1. The van der Waals surface area contributed by atoms with Crippen molar-refractivity contribution in [1.82, 2.24) is 4.73 Å². The monoisotopic (exact) mass is 371 g/mol. The van der Waals surface area contributed by atoms with Gasteiger partial charge < -0.3 is 9.94 Å². The highest BCUT2D eigenvalue weighted by Gasteiger charge is 2.37. The molecule has 1 aromatic carbocycles. The first-order valence-corrected chi connectivity index (χ1v) is 9.96. The molecule has 1 N–H and O–H groups in total. The number of hydrogen-bond donors (Lipinski definition) is 1. The minimum absolute atomic E-state index is 0.0625. The van der Waals surface area contributed by atoms with Gasteiger partial charge in [0.15, 0.2) is 0 Å². The van der Waals surface area contributed by atoms with Crippen LogP contribution in [0.4, 0.5) is 0 Å². The van der Waals surface area contributed by atoms with E-state index in [0.29, 0.717) is 25.9 Å². The largest absolute Gasteiger partial charge is 0.410 e. The highest BCUT2D eigenvalue weighted by molar-refractivity contribution is 5.85. The van der Waals surface area contributed by atoms with E-state index in [9.17, 15) is 14.7 Å². The summed E-state index contributed by atoms with van der Waals surface area (Å²) in [6.45, 7) is 2.29. The molecule has 5 heteroatoms. The fourth-order valence-corrected chi connectivity index (χ4v) is 4.32. The predicted octanol–water partition coefficient (Wildman–Crippen LogP) is 3.42. The maximum absolute atomic E-state index is 12.8. The van der Waals surface area contributed by atoms with Crippen LogP contribution in [0.25, 0.3) is 10.9 Å². The molecule has 0 unspecified atom stereocenters. The highest BCUT2D eigenvalue weighted by atomic mass is 16.7. The smallest absolute Gasteiger partial charge is 0.283 e. The Morgan fingerprint density at radius 3 is 2.70 bits per heavy atom. The van der Waals surface area contributed by atoms with E-state index >= 15 is 0 Å². The van der Waals surface area contributed by atoms with Gasteiger partial charge in [-0.1, -0.05) is 37.5 Å². The standard InChI is InChI=1S/C22H29NO4/c1-17-16-21(26)23(19-9-4-3-8-18(17)19)27-15-7-10-20(25)22(13-14-24)11-5-2-6-12-22/h3-4,8-9,16,24H,2,5-7,10-15H2,1H3. The molecule has 0 radical (unpaired) electrons. The van der Waals surface area contributed by atoms with Gasteiger partial charge in [-0.15, -0.1) is 4.73 Å². The summed E-state index contributed by atoms with van der Waals surface area (Å²) in [6, 6.07) is 9.23. The molecule has 0 atom stereocenters. The van der Waals surface area contributed by atoms with Crippen LogP contribution in [0, 0.1) is 12.3 Å². The molecule has 1 heterocycles. The van der Waals surface area contributed by atoms with Crippen molar-refractivity contribution in [2.24, 2.45) is 5.41 Å². The number of hydrogen-bond acceptors (Lipinski definition) is 4. The van der Waals surface area contributed by atoms with Crippen LogP contribution in [-0.2, 0) is 4.79 Å². The van der Waals surface area contributed by atoms with E-state index in [1.807, 2.05) is 31.2 Å². The Bertz CT molecular complexity index is 843. The number of carbonyl (C=O) groups excluding carboxylic acids is 1. The summed E-state index contributed by atoms with van der Waals surface area (Å²) in [7, 11) is 0. The average Bonchev–Trinajstić information content (AvgIpc) is 2.68. The second-order valence-electron chi connectivity index (χ2n) is 7.65. The van der Waals surface area contributed by atoms with Crippen molar-refractivity contribution < 1.29 is 14.7 Å². The molecular formula is C22H29NO4.